The normalized spacial score (nSPS) is 27.5. The summed E-state index contributed by atoms with van der Waals surface area (Å²) in [5.74, 6) is -0.267. The van der Waals surface area contributed by atoms with E-state index in [4.69, 9.17) is 0 Å². The number of hydrogen-bond donors (Lipinski definition) is 2. The molecule has 0 aromatic heterocycles. The van der Waals surface area contributed by atoms with Gasteiger partial charge in [0.15, 0.2) is 0 Å². The molecule has 2 N–H and O–H groups in total. The Morgan fingerprint density at radius 3 is 2.53 bits per heavy atom. The van der Waals surface area contributed by atoms with Crippen LogP contribution in [-0.2, 0) is 9.59 Å². The molecule has 0 radical (unpaired) electrons. The van der Waals surface area contributed by atoms with Crippen LogP contribution in [0.25, 0.3) is 0 Å². The van der Waals surface area contributed by atoms with Crippen molar-refractivity contribution in [2.75, 3.05) is 46.3 Å². The third-order valence-corrected chi connectivity index (χ3v) is 3.47. The second kappa shape index (κ2) is 5.57. The predicted octanol–water partition coefficient (Wildman–Crippen LogP) is -1.76. The molecule has 2 amide bonds. The van der Waals surface area contributed by atoms with Crippen LogP contribution in [-0.4, -0.2) is 74.0 Å². The summed E-state index contributed by atoms with van der Waals surface area (Å²) in [4.78, 5) is 27.2. The average Bonchev–Trinajstić information content (AvgIpc) is 2.66. The number of carbonyl (C=O) groups excluding carboxylic acids is 2. The minimum absolute atomic E-state index is 0.126. The van der Waals surface area contributed by atoms with Gasteiger partial charge in [-0.1, -0.05) is 0 Å². The highest BCUT2D eigenvalue weighted by Gasteiger charge is 2.36. The zero-order chi connectivity index (χ0) is 12.3. The summed E-state index contributed by atoms with van der Waals surface area (Å²) in [6.45, 7) is 5.71. The van der Waals surface area contributed by atoms with Crippen molar-refractivity contribution in [3.8, 4) is 0 Å². The smallest absolute Gasteiger partial charge is 0.244 e. The first-order chi connectivity index (χ1) is 8.20. The summed E-state index contributed by atoms with van der Waals surface area (Å²) in [5.41, 5.74) is 0. The Labute approximate surface area is 101 Å². The van der Waals surface area contributed by atoms with E-state index in [1.807, 2.05) is 7.05 Å². The molecule has 0 aliphatic carbocycles. The highest BCUT2D eigenvalue weighted by atomic mass is 16.2. The Kier molecular flexibility index (Phi) is 4.09. The molecule has 0 saturated carbocycles. The quantitative estimate of drug-likeness (QED) is 0.570. The molecule has 6 heteroatoms. The zero-order valence-corrected chi connectivity index (χ0v) is 10.2. The van der Waals surface area contributed by atoms with Gasteiger partial charge >= 0.3 is 0 Å². The van der Waals surface area contributed by atoms with E-state index in [1.165, 1.54) is 0 Å². The molecule has 2 rings (SSSR count). The SMILES string of the molecule is CNCCN1CCN(C2CC(=O)NC2=O)CC1. The van der Waals surface area contributed by atoms with Gasteiger partial charge in [0.05, 0.1) is 12.5 Å². The molecule has 0 aromatic rings. The Balaban J connectivity index is 1.79. The minimum atomic E-state index is -0.228. The number of piperazine rings is 1. The monoisotopic (exact) mass is 240 g/mol. The van der Waals surface area contributed by atoms with Crippen LogP contribution >= 0.6 is 0 Å². The second-order valence-electron chi connectivity index (χ2n) is 4.61. The Morgan fingerprint density at radius 2 is 2.00 bits per heavy atom. The molecule has 1 unspecified atom stereocenters. The van der Waals surface area contributed by atoms with E-state index >= 15 is 0 Å². The molecule has 0 bridgehead atoms. The van der Waals surface area contributed by atoms with Gasteiger partial charge in [-0.25, -0.2) is 0 Å². The highest BCUT2D eigenvalue weighted by molar-refractivity contribution is 6.05. The Hall–Kier alpha value is -0.980. The maximum absolute atomic E-state index is 11.5. The van der Waals surface area contributed by atoms with Crippen molar-refractivity contribution in [1.29, 1.82) is 0 Å². The Morgan fingerprint density at radius 1 is 1.29 bits per heavy atom. The average molecular weight is 240 g/mol. The maximum Gasteiger partial charge on any atom is 0.244 e. The van der Waals surface area contributed by atoms with Crippen LogP contribution < -0.4 is 10.6 Å². The molecule has 2 aliphatic heterocycles. The fourth-order valence-electron chi connectivity index (χ4n) is 2.40. The zero-order valence-electron chi connectivity index (χ0n) is 10.2. The van der Waals surface area contributed by atoms with Crippen molar-refractivity contribution in [3.63, 3.8) is 0 Å². The van der Waals surface area contributed by atoms with Crippen LogP contribution in [0.2, 0.25) is 0 Å². The fourth-order valence-corrected chi connectivity index (χ4v) is 2.40. The highest BCUT2D eigenvalue weighted by Crippen LogP contribution is 2.13. The van der Waals surface area contributed by atoms with Gasteiger partial charge in [-0.05, 0) is 7.05 Å². The van der Waals surface area contributed by atoms with Crippen LogP contribution in [0.3, 0.4) is 0 Å². The van der Waals surface area contributed by atoms with Crippen molar-refractivity contribution in [1.82, 2.24) is 20.4 Å². The standard InChI is InChI=1S/C11H20N4O2/c1-12-2-3-14-4-6-15(7-5-14)9-8-10(16)13-11(9)17/h9,12H,2-8H2,1H3,(H,13,16,17). The summed E-state index contributed by atoms with van der Waals surface area (Å²) in [6, 6.07) is -0.228. The first-order valence-electron chi connectivity index (χ1n) is 6.15. The summed E-state index contributed by atoms with van der Waals surface area (Å²) < 4.78 is 0. The fraction of sp³-hybridized carbons (Fsp3) is 0.818. The Bertz CT molecular complexity index is 300. The first-order valence-corrected chi connectivity index (χ1v) is 6.15. The molecule has 2 aliphatic rings. The number of likely N-dealkylation sites (N-methyl/N-ethyl adjacent to an activating group) is 1. The van der Waals surface area contributed by atoms with E-state index in [0.717, 1.165) is 39.3 Å². The maximum atomic E-state index is 11.5. The van der Waals surface area contributed by atoms with Crippen molar-refractivity contribution in [2.24, 2.45) is 0 Å². The molecule has 2 fully saturated rings. The molecule has 6 nitrogen and oxygen atoms in total. The van der Waals surface area contributed by atoms with Gasteiger partial charge in [0, 0.05) is 39.3 Å². The van der Waals surface area contributed by atoms with Crippen LogP contribution in [0, 0.1) is 0 Å². The number of nitrogens with zero attached hydrogens (tertiary/aromatic N) is 2. The molecule has 0 aromatic carbocycles. The van der Waals surface area contributed by atoms with Gasteiger partial charge < -0.3 is 5.32 Å². The number of rotatable bonds is 4. The molecular formula is C11H20N4O2. The predicted molar refractivity (Wildman–Crippen MR) is 63.5 cm³/mol. The van der Waals surface area contributed by atoms with Crippen LogP contribution in [0.5, 0.6) is 0 Å². The van der Waals surface area contributed by atoms with Gasteiger partial charge in [-0.15, -0.1) is 0 Å². The number of amides is 2. The molecule has 2 heterocycles. The van der Waals surface area contributed by atoms with Gasteiger partial charge in [-0.3, -0.25) is 24.7 Å². The summed E-state index contributed by atoms with van der Waals surface area (Å²) in [5, 5.41) is 5.50. The number of hydrogen-bond acceptors (Lipinski definition) is 5. The lowest BCUT2D eigenvalue weighted by atomic mass is 10.2. The molecular weight excluding hydrogens is 220 g/mol. The lowest BCUT2D eigenvalue weighted by Crippen LogP contribution is -2.53. The number of imide groups is 1. The van der Waals surface area contributed by atoms with E-state index in [1.54, 1.807) is 0 Å². The summed E-state index contributed by atoms with van der Waals surface area (Å²) in [7, 11) is 1.95. The van der Waals surface area contributed by atoms with Gasteiger partial charge in [-0.2, -0.15) is 0 Å². The van der Waals surface area contributed by atoms with E-state index in [0.29, 0.717) is 6.42 Å². The van der Waals surface area contributed by atoms with Crippen LogP contribution in [0.4, 0.5) is 0 Å². The summed E-state index contributed by atoms with van der Waals surface area (Å²) in [6.07, 6.45) is 0.329. The van der Waals surface area contributed by atoms with Gasteiger partial charge in [0.2, 0.25) is 11.8 Å². The molecule has 0 spiro atoms. The number of carbonyl (C=O) groups is 2. The van der Waals surface area contributed by atoms with Gasteiger partial charge in [0.1, 0.15) is 0 Å². The van der Waals surface area contributed by atoms with E-state index in [2.05, 4.69) is 20.4 Å². The first kappa shape index (κ1) is 12.5. The van der Waals surface area contributed by atoms with Crippen molar-refractivity contribution in [2.45, 2.75) is 12.5 Å². The van der Waals surface area contributed by atoms with E-state index in [9.17, 15) is 9.59 Å². The molecule has 17 heavy (non-hydrogen) atoms. The molecule has 2 saturated heterocycles. The van der Waals surface area contributed by atoms with E-state index < -0.39 is 0 Å². The van der Waals surface area contributed by atoms with Crippen molar-refractivity contribution < 1.29 is 9.59 Å². The molecule has 96 valence electrons. The van der Waals surface area contributed by atoms with Crippen LogP contribution in [0.1, 0.15) is 6.42 Å². The lowest BCUT2D eigenvalue weighted by molar-refractivity contribution is -0.126. The molecule has 1 atom stereocenters. The summed E-state index contributed by atoms with van der Waals surface area (Å²) >= 11 is 0. The van der Waals surface area contributed by atoms with Crippen LogP contribution in [0.15, 0.2) is 0 Å². The topological polar surface area (TPSA) is 64.7 Å². The number of nitrogens with one attached hydrogen (secondary N) is 2. The second-order valence-corrected chi connectivity index (χ2v) is 4.61. The third-order valence-electron chi connectivity index (χ3n) is 3.47. The largest absolute Gasteiger partial charge is 0.318 e. The van der Waals surface area contributed by atoms with Crippen molar-refractivity contribution >= 4 is 11.8 Å². The lowest BCUT2D eigenvalue weighted by Gasteiger charge is -2.36. The minimum Gasteiger partial charge on any atom is -0.318 e. The third kappa shape index (κ3) is 3.02. The van der Waals surface area contributed by atoms with Gasteiger partial charge in [0.25, 0.3) is 0 Å². The van der Waals surface area contributed by atoms with E-state index in [-0.39, 0.29) is 17.9 Å². The van der Waals surface area contributed by atoms with Crippen molar-refractivity contribution in [3.05, 3.63) is 0 Å².